The first-order valence-corrected chi connectivity index (χ1v) is 9.03. The van der Waals surface area contributed by atoms with Crippen molar-refractivity contribution in [2.24, 2.45) is 23.7 Å². The molecule has 0 aromatic heterocycles. The Morgan fingerprint density at radius 1 is 1.05 bits per heavy atom. The first kappa shape index (κ1) is 13.3. The summed E-state index contributed by atoms with van der Waals surface area (Å²) in [7, 11) is 0. The lowest BCUT2D eigenvalue weighted by molar-refractivity contribution is 0.200. The molecule has 6 atom stereocenters. The van der Waals surface area contributed by atoms with E-state index in [1.54, 1.807) is 0 Å². The number of hydrogen-bond acceptors (Lipinski definition) is 1. The van der Waals surface area contributed by atoms with Crippen molar-refractivity contribution in [3.8, 4) is 0 Å². The summed E-state index contributed by atoms with van der Waals surface area (Å²) in [5.74, 6) is 4.18. The van der Waals surface area contributed by atoms with E-state index in [2.05, 4.69) is 52.4 Å². The minimum Gasteiger partial charge on any atom is -0.307 e. The Morgan fingerprint density at radius 3 is 2.60 bits per heavy atom. The molecule has 0 saturated heterocycles. The van der Waals surface area contributed by atoms with Gasteiger partial charge in [0.1, 0.15) is 0 Å². The Kier molecular flexibility index (Phi) is 3.42. The van der Waals surface area contributed by atoms with Crippen LogP contribution in [0, 0.1) is 23.7 Å². The van der Waals surface area contributed by atoms with E-state index in [4.69, 9.17) is 0 Å². The highest BCUT2D eigenvalue weighted by molar-refractivity contribution is 9.10. The normalized spacial score (nSPS) is 40.0. The van der Waals surface area contributed by atoms with Gasteiger partial charge in [-0.1, -0.05) is 34.5 Å². The number of nitrogens with one attached hydrogen (secondary N) is 1. The molecule has 1 aromatic rings. The van der Waals surface area contributed by atoms with Crippen molar-refractivity contribution >= 4 is 15.9 Å². The van der Waals surface area contributed by atoms with Crippen molar-refractivity contribution in [3.05, 3.63) is 34.3 Å². The minimum atomic E-state index is 0.479. The van der Waals surface area contributed by atoms with Crippen LogP contribution in [0.4, 0.5) is 0 Å². The van der Waals surface area contributed by atoms with Gasteiger partial charge in [0.05, 0.1) is 0 Å². The molecule has 3 saturated carbocycles. The van der Waals surface area contributed by atoms with Crippen molar-refractivity contribution in [1.82, 2.24) is 5.32 Å². The predicted molar refractivity (Wildman–Crippen MR) is 86.5 cm³/mol. The summed E-state index contributed by atoms with van der Waals surface area (Å²) in [5.41, 5.74) is 1.42. The molecule has 4 rings (SSSR count). The van der Waals surface area contributed by atoms with Crippen LogP contribution in [0.5, 0.6) is 0 Å². The monoisotopic (exact) mass is 333 g/mol. The van der Waals surface area contributed by atoms with Gasteiger partial charge in [-0.25, -0.2) is 0 Å². The van der Waals surface area contributed by atoms with E-state index in [1.807, 2.05) is 0 Å². The molecular weight excluding hydrogens is 310 g/mol. The molecule has 3 aliphatic carbocycles. The number of halogens is 1. The molecule has 1 N–H and O–H groups in total. The van der Waals surface area contributed by atoms with E-state index >= 15 is 0 Å². The molecule has 0 heterocycles. The van der Waals surface area contributed by atoms with Gasteiger partial charge in [-0.2, -0.15) is 0 Å². The van der Waals surface area contributed by atoms with E-state index in [1.165, 1.54) is 42.1 Å². The highest BCUT2D eigenvalue weighted by atomic mass is 79.9. The fourth-order valence-corrected chi connectivity index (χ4v) is 5.69. The van der Waals surface area contributed by atoms with Crippen LogP contribution in [-0.4, -0.2) is 6.04 Å². The second kappa shape index (κ2) is 5.14. The van der Waals surface area contributed by atoms with Crippen molar-refractivity contribution in [3.63, 3.8) is 0 Å². The first-order valence-electron chi connectivity index (χ1n) is 8.24. The summed E-state index contributed by atoms with van der Waals surface area (Å²) in [6.07, 6.45) is 7.49. The summed E-state index contributed by atoms with van der Waals surface area (Å²) in [4.78, 5) is 0. The molecule has 20 heavy (non-hydrogen) atoms. The third kappa shape index (κ3) is 2.16. The van der Waals surface area contributed by atoms with Gasteiger partial charge >= 0.3 is 0 Å². The van der Waals surface area contributed by atoms with Crippen LogP contribution < -0.4 is 5.32 Å². The van der Waals surface area contributed by atoms with Gasteiger partial charge in [-0.05, 0) is 74.0 Å². The average molecular weight is 334 g/mol. The average Bonchev–Trinajstić information content (AvgIpc) is 3.11. The zero-order valence-corrected chi connectivity index (χ0v) is 13.8. The maximum absolute atomic E-state index is 3.94. The fraction of sp³-hybridized carbons (Fsp3) is 0.667. The Morgan fingerprint density at radius 2 is 1.80 bits per heavy atom. The summed E-state index contributed by atoms with van der Waals surface area (Å²) < 4.78 is 1.17. The van der Waals surface area contributed by atoms with Gasteiger partial charge in [-0.3, -0.25) is 0 Å². The first-order chi connectivity index (χ1) is 9.72. The van der Waals surface area contributed by atoms with Crippen LogP contribution in [0.1, 0.15) is 50.6 Å². The lowest BCUT2D eigenvalue weighted by atomic mass is 9.79. The molecule has 0 aliphatic heterocycles. The van der Waals surface area contributed by atoms with Gasteiger partial charge in [0.15, 0.2) is 0 Å². The van der Waals surface area contributed by atoms with Crippen LogP contribution in [0.25, 0.3) is 0 Å². The third-order valence-corrected chi connectivity index (χ3v) is 6.79. The Balaban J connectivity index is 1.44. The second-order valence-electron chi connectivity index (χ2n) is 7.20. The lowest BCUT2D eigenvalue weighted by Crippen LogP contribution is -2.40. The van der Waals surface area contributed by atoms with Gasteiger partial charge in [0.25, 0.3) is 0 Å². The number of rotatable bonds is 3. The third-order valence-electron chi connectivity index (χ3n) is 6.26. The molecular formula is C18H24BrN. The Labute approximate surface area is 130 Å². The van der Waals surface area contributed by atoms with Crippen molar-refractivity contribution in [2.45, 2.75) is 51.1 Å². The van der Waals surface area contributed by atoms with Gasteiger partial charge < -0.3 is 5.32 Å². The summed E-state index contributed by atoms with van der Waals surface area (Å²) in [6, 6.07) is 10.0. The molecule has 3 fully saturated rings. The molecule has 0 radical (unpaired) electrons. The summed E-state index contributed by atoms with van der Waals surface area (Å²) in [5, 5.41) is 3.94. The number of benzene rings is 1. The quantitative estimate of drug-likeness (QED) is 0.827. The highest BCUT2D eigenvalue weighted by Crippen LogP contribution is 2.58. The zero-order valence-electron chi connectivity index (χ0n) is 12.2. The fourth-order valence-electron chi connectivity index (χ4n) is 5.43. The second-order valence-corrected chi connectivity index (χ2v) is 8.12. The van der Waals surface area contributed by atoms with E-state index < -0.39 is 0 Å². The topological polar surface area (TPSA) is 12.0 Å². The summed E-state index contributed by atoms with van der Waals surface area (Å²) >= 11 is 3.52. The zero-order chi connectivity index (χ0) is 13.7. The molecule has 1 nitrogen and oxygen atoms in total. The molecule has 0 spiro atoms. The molecule has 2 bridgehead atoms. The van der Waals surface area contributed by atoms with Crippen LogP contribution in [0.2, 0.25) is 0 Å². The number of fused-ring (bicyclic) bond motifs is 5. The summed E-state index contributed by atoms with van der Waals surface area (Å²) in [6.45, 7) is 2.32. The van der Waals surface area contributed by atoms with Gasteiger partial charge in [-0.15, -0.1) is 0 Å². The van der Waals surface area contributed by atoms with Crippen LogP contribution in [0.15, 0.2) is 28.7 Å². The minimum absolute atomic E-state index is 0.479. The molecule has 108 valence electrons. The molecule has 0 amide bonds. The Bertz CT molecular complexity index is 483. The predicted octanol–water partition coefficient (Wildman–Crippen LogP) is 4.92. The maximum atomic E-state index is 3.94. The van der Waals surface area contributed by atoms with Crippen LogP contribution in [-0.2, 0) is 0 Å². The smallest absolute Gasteiger partial charge is 0.0294 e. The van der Waals surface area contributed by atoms with E-state index in [-0.39, 0.29) is 0 Å². The van der Waals surface area contributed by atoms with Crippen LogP contribution in [0.3, 0.4) is 0 Å². The molecule has 3 aliphatic rings. The van der Waals surface area contributed by atoms with Crippen LogP contribution >= 0.6 is 15.9 Å². The molecule has 1 aromatic carbocycles. The van der Waals surface area contributed by atoms with Crippen molar-refractivity contribution in [2.75, 3.05) is 0 Å². The van der Waals surface area contributed by atoms with Crippen molar-refractivity contribution in [1.29, 1.82) is 0 Å². The number of hydrogen-bond donors (Lipinski definition) is 1. The maximum Gasteiger partial charge on any atom is 0.0294 e. The highest BCUT2D eigenvalue weighted by Gasteiger charge is 2.53. The van der Waals surface area contributed by atoms with Crippen molar-refractivity contribution < 1.29 is 0 Å². The lowest BCUT2D eigenvalue weighted by Gasteiger charge is -2.34. The van der Waals surface area contributed by atoms with Gasteiger partial charge in [0, 0.05) is 16.6 Å². The van der Waals surface area contributed by atoms with Gasteiger partial charge in [0.2, 0.25) is 0 Å². The SMILES string of the molecule is C[C@H](NC1CC2CC1C1CCCC21)c1ccc(Br)cc1. The van der Waals surface area contributed by atoms with E-state index in [0.29, 0.717) is 6.04 Å². The standard InChI is InChI=1S/C18H24BrN/c1-11(12-5-7-14(19)8-6-12)20-18-10-13-9-17(18)16-4-2-3-15(13)16/h5-8,11,13,15-18,20H,2-4,9-10H2,1H3/t11-,13?,15?,16?,17?,18?/m0/s1. The van der Waals surface area contributed by atoms with E-state index in [9.17, 15) is 0 Å². The van der Waals surface area contributed by atoms with E-state index in [0.717, 1.165) is 29.7 Å². The largest absolute Gasteiger partial charge is 0.307 e. The molecule has 5 unspecified atom stereocenters. The Hall–Kier alpha value is -0.340. The molecule has 2 heteroatoms.